The van der Waals surface area contributed by atoms with Crippen molar-refractivity contribution >= 4 is 5.84 Å². The van der Waals surface area contributed by atoms with Crippen molar-refractivity contribution in [3.05, 3.63) is 24.4 Å². The van der Waals surface area contributed by atoms with Gasteiger partial charge in [0.1, 0.15) is 0 Å². The van der Waals surface area contributed by atoms with Crippen molar-refractivity contribution in [2.45, 2.75) is 20.3 Å². The fourth-order valence-corrected chi connectivity index (χ4v) is 1.34. The van der Waals surface area contributed by atoms with E-state index in [-0.39, 0.29) is 0 Å². The third-order valence-electron chi connectivity index (χ3n) is 2.05. The van der Waals surface area contributed by atoms with Crippen LogP contribution in [0.5, 0.6) is 0 Å². The molecule has 12 heavy (non-hydrogen) atoms. The van der Waals surface area contributed by atoms with Gasteiger partial charge in [-0.15, -0.1) is 0 Å². The quantitative estimate of drug-likeness (QED) is 0.613. The molecule has 0 aliphatic carbocycles. The van der Waals surface area contributed by atoms with E-state index in [9.17, 15) is 0 Å². The van der Waals surface area contributed by atoms with E-state index < -0.39 is 0 Å². The Morgan fingerprint density at radius 2 is 2.08 bits per heavy atom. The SMILES string of the molecule is CC[N+](CC)=C1CC=CC=CN1. The zero-order valence-electron chi connectivity index (χ0n) is 7.88. The molecule has 1 N–H and O–H groups in total. The van der Waals surface area contributed by atoms with Gasteiger partial charge in [0.25, 0.3) is 5.84 Å². The summed E-state index contributed by atoms with van der Waals surface area (Å²) in [7, 11) is 0. The molecule has 0 saturated carbocycles. The van der Waals surface area contributed by atoms with Gasteiger partial charge >= 0.3 is 0 Å². The summed E-state index contributed by atoms with van der Waals surface area (Å²) in [6.07, 6.45) is 9.26. The summed E-state index contributed by atoms with van der Waals surface area (Å²) in [6, 6.07) is 0. The highest BCUT2D eigenvalue weighted by Crippen LogP contribution is 1.93. The zero-order valence-corrected chi connectivity index (χ0v) is 7.88. The molecule has 0 radical (unpaired) electrons. The third kappa shape index (κ3) is 2.22. The molecule has 1 rings (SSSR count). The molecule has 0 atom stereocenters. The minimum Gasteiger partial charge on any atom is -0.266 e. The maximum absolute atomic E-state index is 3.28. The summed E-state index contributed by atoms with van der Waals surface area (Å²) in [5.74, 6) is 1.30. The lowest BCUT2D eigenvalue weighted by atomic mass is 10.3. The summed E-state index contributed by atoms with van der Waals surface area (Å²) in [5, 5.41) is 3.28. The van der Waals surface area contributed by atoms with Crippen molar-refractivity contribution in [1.82, 2.24) is 5.32 Å². The van der Waals surface area contributed by atoms with Gasteiger partial charge < -0.3 is 0 Å². The Hall–Kier alpha value is -1.05. The second-order valence-electron chi connectivity index (χ2n) is 2.75. The molecule has 2 nitrogen and oxygen atoms in total. The van der Waals surface area contributed by atoms with Gasteiger partial charge in [-0.2, -0.15) is 0 Å². The topological polar surface area (TPSA) is 15.0 Å². The number of nitrogens with zero attached hydrogens (tertiary/aromatic N) is 1. The number of hydrogen-bond donors (Lipinski definition) is 1. The van der Waals surface area contributed by atoms with E-state index in [2.05, 4.69) is 35.9 Å². The molecule has 0 aromatic heterocycles. The zero-order chi connectivity index (χ0) is 8.81. The Kier molecular flexibility index (Phi) is 3.58. The van der Waals surface area contributed by atoms with Crippen LogP contribution in [0.25, 0.3) is 0 Å². The number of amidine groups is 1. The first kappa shape index (κ1) is 9.04. The van der Waals surface area contributed by atoms with Crippen LogP contribution in [-0.2, 0) is 0 Å². The van der Waals surface area contributed by atoms with Gasteiger partial charge in [0, 0.05) is 0 Å². The molecule has 0 aromatic rings. The molecule has 1 aliphatic rings. The smallest absolute Gasteiger partial charge is 0.253 e. The van der Waals surface area contributed by atoms with Crippen molar-refractivity contribution in [2.75, 3.05) is 13.1 Å². The Morgan fingerprint density at radius 1 is 1.33 bits per heavy atom. The Morgan fingerprint density at radius 3 is 2.75 bits per heavy atom. The molecule has 1 aliphatic heterocycles. The van der Waals surface area contributed by atoms with Crippen LogP contribution in [0.3, 0.4) is 0 Å². The highest BCUT2D eigenvalue weighted by atomic mass is 15.1. The van der Waals surface area contributed by atoms with Gasteiger partial charge in [-0.05, 0) is 19.9 Å². The van der Waals surface area contributed by atoms with E-state index in [1.165, 1.54) is 5.84 Å². The summed E-state index contributed by atoms with van der Waals surface area (Å²) in [5.41, 5.74) is 0. The van der Waals surface area contributed by atoms with Crippen molar-refractivity contribution < 1.29 is 4.58 Å². The largest absolute Gasteiger partial charge is 0.266 e. The lowest BCUT2D eigenvalue weighted by Crippen LogP contribution is -2.30. The van der Waals surface area contributed by atoms with E-state index in [0.717, 1.165) is 19.5 Å². The number of nitrogens with one attached hydrogen (secondary N) is 1. The molecule has 0 unspecified atom stereocenters. The number of rotatable bonds is 2. The molecule has 0 fully saturated rings. The van der Waals surface area contributed by atoms with Gasteiger partial charge in [-0.1, -0.05) is 12.2 Å². The maximum Gasteiger partial charge on any atom is 0.253 e. The Bertz CT molecular complexity index is 202. The van der Waals surface area contributed by atoms with Gasteiger partial charge in [0.15, 0.2) is 0 Å². The summed E-state index contributed by atoms with van der Waals surface area (Å²) < 4.78 is 2.33. The van der Waals surface area contributed by atoms with E-state index in [1.807, 2.05) is 12.3 Å². The van der Waals surface area contributed by atoms with Gasteiger partial charge in [0.05, 0.1) is 25.7 Å². The summed E-state index contributed by atoms with van der Waals surface area (Å²) in [4.78, 5) is 0. The fourth-order valence-electron chi connectivity index (χ4n) is 1.34. The molecule has 0 aromatic carbocycles. The first-order chi connectivity index (χ1) is 5.88. The Balaban J connectivity index is 2.77. The second-order valence-corrected chi connectivity index (χ2v) is 2.75. The van der Waals surface area contributed by atoms with Crippen molar-refractivity contribution in [2.24, 2.45) is 0 Å². The van der Waals surface area contributed by atoms with Gasteiger partial charge in [-0.25, -0.2) is 0 Å². The molecule has 0 bridgehead atoms. The van der Waals surface area contributed by atoms with Crippen LogP contribution in [0.4, 0.5) is 0 Å². The van der Waals surface area contributed by atoms with Crippen molar-refractivity contribution in [3.8, 4) is 0 Å². The van der Waals surface area contributed by atoms with E-state index in [1.54, 1.807) is 0 Å². The predicted octanol–water partition coefficient (Wildman–Crippen LogP) is 1.50. The first-order valence-electron chi connectivity index (χ1n) is 4.57. The normalized spacial score (nSPS) is 15.7. The van der Waals surface area contributed by atoms with Crippen LogP contribution in [0, 0.1) is 0 Å². The molecule has 0 amide bonds. The van der Waals surface area contributed by atoms with Gasteiger partial charge in [0.2, 0.25) is 0 Å². The Labute approximate surface area is 74.3 Å². The molecule has 2 heteroatoms. The average molecular weight is 165 g/mol. The minimum atomic E-state index is 1.01. The van der Waals surface area contributed by atoms with Crippen LogP contribution in [0.1, 0.15) is 20.3 Å². The molecule has 1 heterocycles. The van der Waals surface area contributed by atoms with Crippen LogP contribution in [0.2, 0.25) is 0 Å². The van der Waals surface area contributed by atoms with Crippen LogP contribution < -0.4 is 5.32 Å². The van der Waals surface area contributed by atoms with Crippen molar-refractivity contribution in [1.29, 1.82) is 0 Å². The first-order valence-corrected chi connectivity index (χ1v) is 4.57. The van der Waals surface area contributed by atoms with E-state index in [4.69, 9.17) is 0 Å². The van der Waals surface area contributed by atoms with Crippen molar-refractivity contribution in [3.63, 3.8) is 0 Å². The number of hydrogen-bond acceptors (Lipinski definition) is 0. The lowest BCUT2D eigenvalue weighted by Gasteiger charge is -2.05. The second kappa shape index (κ2) is 4.75. The maximum atomic E-state index is 3.28. The minimum absolute atomic E-state index is 1.01. The fraction of sp³-hybridized carbons (Fsp3) is 0.500. The highest BCUT2D eigenvalue weighted by molar-refractivity contribution is 5.80. The van der Waals surface area contributed by atoms with E-state index in [0.29, 0.717) is 0 Å². The standard InChI is InChI=1S/C10H16N2/c1-3-12(4-2)10-8-6-5-7-9-11-10/h5-7,9H,3-4,8H2,1-2H3/p+1. The van der Waals surface area contributed by atoms with Crippen LogP contribution >= 0.6 is 0 Å². The molecule has 0 saturated heterocycles. The van der Waals surface area contributed by atoms with Gasteiger partial charge in [-0.3, -0.25) is 9.89 Å². The van der Waals surface area contributed by atoms with Crippen LogP contribution in [0.15, 0.2) is 24.4 Å². The monoisotopic (exact) mass is 165 g/mol. The van der Waals surface area contributed by atoms with E-state index >= 15 is 0 Å². The molecular formula is C10H17N2+. The molecule has 0 spiro atoms. The number of allylic oxidation sites excluding steroid dienone is 2. The van der Waals surface area contributed by atoms with Crippen LogP contribution in [-0.4, -0.2) is 23.5 Å². The molecular weight excluding hydrogens is 148 g/mol. The predicted molar refractivity (Wildman–Crippen MR) is 52.4 cm³/mol. The lowest BCUT2D eigenvalue weighted by molar-refractivity contribution is -0.523. The summed E-state index contributed by atoms with van der Waals surface area (Å²) in [6.45, 7) is 6.49. The highest BCUT2D eigenvalue weighted by Gasteiger charge is 2.07. The third-order valence-corrected chi connectivity index (χ3v) is 2.05. The molecule has 66 valence electrons. The average Bonchev–Trinajstić information content (AvgIpc) is 2.35. The summed E-state index contributed by atoms with van der Waals surface area (Å²) >= 11 is 0.